The van der Waals surface area contributed by atoms with E-state index < -0.39 is 5.97 Å². The van der Waals surface area contributed by atoms with E-state index in [0.29, 0.717) is 11.6 Å². The molecule has 5 nitrogen and oxygen atoms in total. The Morgan fingerprint density at radius 1 is 1.50 bits per heavy atom. The van der Waals surface area contributed by atoms with Gasteiger partial charge in [-0.25, -0.2) is 4.98 Å². The minimum atomic E-state index is -0.767. The molecule has 1 rings (SSSR count). The number of hydrogen-bond acceptors (Lipinski definition) is 4. The summed E-state index contributed by atoms with van der Waals surface area (Å²) in [6.45, 7) is 2.04. The minimum Gasteiger partial charge on any atom is -0.481 e. The number of aromatic amines is 1. The zero-order valence-electron chi connectivity index (χ0n) is 10.4. The topological polar surface area (TPSA) is 83.0 Å². The van der Waals surface area contributed by atoms with E-state index in [0.717, 1.165) is 30.7 Å². The summed E-state index contributed by atoms with van der Waals surface area (Å²) in [6.07, 6.45) is 3.41. The van der Waals surface area contributed by atoms with Gasteiger partial charge in [0.2, 0.25) is 0 Å². The number of nitrogens with zero attached hydrogens (tertiary/aromatic N) is 1. The molecule has 100 valence electrons. The van der Waals surface area contributed by atoms with E-state index in [9.17, 15) is 9.59 Å². The lowest BCUT2D eigenvalue weighted by atomic mass is 10.2. The van der Waals surface area contributed by atoms with Crippen molar-refractivity contribution in [3.8, 4) is 0 Å². The second kappa shape index (κ2) is 7.92. The maximum atomic E-state index is 11.4. The maximum Gasteiger partial charge on any atom is 0.303 e. The number of thioether (sulfide) groups is 1. The monoisotopic (exact) mass is 270 g/mol. The van der Waals surface area contributed by atoms with E-state index in [2.05, 4.69) is 9.97 Å². The van der Waals surface area contributed by atoms with Crippen LogP contribution in [0.2, 0.25) is 0 Å². The van der Waals surface area contributed by atoms with Gasteiger partial charge in [-0.15, -0.1) is 0 Å². The third-order valence-corrected chi connectivity index (χ3v) is 3.26. The van der Waals surface area contributed by atoms with Gasteiger partial charge in [0.15, 0.2) is 5.16 Å². The number of nitrogens with one attached hydrogen (secondary N) is 1. The van der Waals surface area contributed by atoms with Crippen molar-refractivity contribution in [3.05, 3.63) is 22.1 Å². The van der Waals surface area contributed by atoms with Crippen molar-refractivity contribution < 1.29 is 9.90 Å². The highest BCUT2D eigenvalue weighted by molar-refractivity contribution is 7.99. The lowest BCUT2D eigenvalue weighted by Gasteiger charge is -2.02. The Kier molecular flexibility index (Phi) is 6.49. The maximum absolute atomic E-state index is 11.4. The average molecular weight is 270 g/mol. The predicted molar refractivity (Wildman–Crippen MR) is 71.1 cm³/mol. The number of aryl methyl sites for hydroxylation is 1. The van der Waals surface area contributed by atoms with Crippen LogP contribution in [0, 0.1) is 0 Å². The number of hydrogen-bond donors (Lipinski definition) is 2. The molecular weight excluding hydrogens is 252 g/mol. The standard InChI is InChI=1S/C12H18N2O3S/c1-2-5-9-8-10(15)14-12(13-9)18-7-4-3-6-11(16)17/h8H,2-7H2,1H3,(H,16,17)(H,13,14,15). The van der Waals surface area contributed by atoms with Gasteiger partial charge < -0.3 is 10.1 Å². The molecule has 0 radical (unpaired) electrons. The summed E-state index contributed by atoms with van der Waals surface area (Å²) in [4.78, 5) is 28.7. The van der Waals surface area contributed by atoms with Crippen molar-refractivity contribution in [3.63, 3.8) is 0 Å². The van der Waals surface area contributed by atoms with Crippen molar-refractivity contribution in [2.24, 2.45) is 0 Å². The lowest BCUT2D eigenvalue weighted by Crippen LogP contribution is -2.10. The second-order valence-corrected chi connectivity index (χ2v) is 5.07. The van der Waals surface area contributed by atoms with E-state index in [1.807, 2.05) is 6.92 Å². The third kappa shape index (κ3) is 5.86. The van der Waals surface area contributed by atoms with Gasteiger partial charge in [0.25, 0.3) is 5.56 Å². The Morgan fingerprint density at radius 2 is 2.28 bits per heavy atom. The van der Waals surface area contributed by atoms with Crippen LogP contribution in [0.15, 0.2) is 16.0 Å². The molecule has 18 heavy (non-hydrogen) atoms. The first-order valence-electron chi connectivity index (χ1n) is 6.06. The molecule has 0 atom stereocenters. The van der Waals surface area contributed by atoms with Gasteiger partial charge in [0.05, 0.1) is 0 Å². The fourth-order valence-corrected chi connectivity index (χ4v) is 2.38. The summed E-state index contributed by atoms with van der Waals surface area (Å²) in [5.74, 6) is 0.00249. The van der Waals surface area contributed by atoms with Gasteiger partial charge in [-0.05, 0) is 19.3 Å². The first-order chi connectivity index (χ1) is 8.61. The van der Waals surface area contributed by atoms with Gasteiger partial charge in [-0.1, -0.05) is 25.1 Å². The van der Waals surface area contributed by atoms with Gasteiger partial charge in [-0.2, -0.15) is 0 Å². The van der Waals surface area contributed by atoms with E-state index in [1.165, 1.54) is 17.8 Å². The van der Waals surface area contributed by atoms with Crippen LogP contribution in [0.1, 0.15) is 38.3 Å². The van der Waals surface area contributed by atoms with E-state index in [1.54, 1.807) is 0 Å². The molecule has 0 amide bonds. The van der Waals surface area contributed by atoms with Gasteiger partial charge in [0, 0.05) is 23.9 Å². The summed E-state index contributed by atoms with van der Waals surface area (Å²) in [5.41, 5.74) is 0.691. The normalized spacial score (nSPS) is 10.5. The molecule has 1 aromatic heterocycles. The van der Waals surface area contributed by atoms with Crippen LogP contribution in [-0.2, 0) is 11.2 Å². The fraction of sp³-hybridized carbons (Fsp3) is 0.583. The Bertz CT molecular complexity index is 445. The van der Waals surface area contributed by atoms with Gasteiger partial charge in [-0.3, -0.25) is 9.59 Å². The summed E-state index contributed by atoms with van der Waals surface area (Å²) < 4.78 is 0. The molecule has 0 aliphatic rings. The smallest absolute Gasteiger partial charge is 0.303 e. The molecule has 6 heteroatoms. The summed E-state index contributed by atoms with van der Waals surface area (Å²) in [6, 6.07) is 1.53. The molecule has 0 saturated heterocycles. The molecular formula is C12H18N2O3S. The highest BCUT2D eigenvalue weighted by atomic mass is 32.2. The van der Waals surface area contributed by atoms with Crippen LogP contribution in [0.3, 0.4) is 0 Å². The van der Waals surface area contributed by atoms with Gasteiger partial charge >= 0.3 is 5.97 Å². The van der Waals surface area contributed by atoms with Crippen molar-refractivity contribution >= 4 is 17.7 Å². The molecule has 0 aliphatic heterocycles. The van der Waals surface area contributed by atoms with Crippen LogP contribution in [0.5, 0.6) is 0 Å². The Balaban J connectivity index is 2.41. The van der Waals surface area contributed by atoms with Crippen LogP contribution >= 0.6 is 11.8 Å². The Hall–Kier alpha value is -1.30. The van der Waals surface area contributed by atoms with Crippen LogP contribution < -0.4 is 5.56 Å². The number of carboxylic acids is 1. The third-order valence-electron chi connectivity index (χ3n) is 2.30. The summed E-state index contributed by atoms with van der Waals surface area (Å²) in [5, 5.41) is 9.12. The largest absolute Gasteiger partial charge is 0.481 e. The van der Waals surface area contributed by atoms with Crippen molar-refractivity contribution in [2.75, 3.05) is 5.75 Å². The number of aromatic nitrogens is 2. The first kappa shape index (κ1) is 14.8. The zero-order valence-corrected chi connectivity index (χ0v) is 11.3. The molecule has 0 saturated carbocycles. The van der Waals surface area contributed by atoms with Gasteiger partial charge in [0.1, 0.15) is 0 Å². The lowest BCUT2D eigenvalue weighted by molar-refractivity contribution is -0.137. The molecule has 0 fully saturated rings. The molecule has 0 aromatic carbocycles. The van der Waals surface area contributed by atoms with E-state index in [4.69, 9.17) is 5.11 Å². The fourth-order valence-electron chi connectivity index (χ4n) is 1.48. The molecule has 1 heterocycles. The average Bonchev–Trinajstić information content (AvgIpc) is 2.28. The van der Waals surface area contributed by atoms with Crippen LogP contribution in [0.25, 0.3) is 0 Å². The molecule has 0 bridgehead atoms. The number of carboxylic acid groups (broad SMARTS) is 1. The number of H-pyrrole nitrogens is 1. The number of rotatable bonds is 8. The SMILES string of the molecule is CCCc1cc(=O)[nH]c(SCCCCC(=O)O)n1. The van der Waals surface area contributed by atoms with E-state index in [-0.39, 0.29) is 12.0 Å². The molecule has 0 aliphatic carbocycles. The molecule has 0 unspecified atom stereocenters. The zero-order chi connectivity index (χ0) is 13.4. The Morgan fingerprint density at radius 3 is 2.94 bits per heavy atom. The summed E-state index contributed by atoms with van der Waals surface area (Å²) >= 11 is 1.47. The van der Waals surface area contributed by atoms with Crippen LogP contribution in [-0.4, -0.2) is 26.8 Å². The quantitative estimate of drug-likeness (QED) is 0.429. The summed E-state index contributed by atoms with van der Waals surface area (Å²) in [7, 11) is 0. The molecule has 1 aromatic rings. The number of unbranched alkanes of at least 4 members (excludes halogenated alkanes) is 1. The van der Waals surface area contributed by atoms with Crippen molar-refractivity contribution in [2.45, 2.75) is 44.2 Å². The van der Waals surface area contributed by atoms with E-state index >= 15 is 0 Å². The van der Waals surface area contributed by atoms with Crippen LogP contribution in [0.4, 0.5) is 0 Å². The number of aliphatic carboxylic acids is 1. The Labute approximate surface area is 110 Å². The molecule has 2 N–H and O–H groups in total. The molecule has 0 spiro atoms. The van der Waals surface area contributed by atoms with Crippen molar-refractivity contribution in [1.82, 2.24) is 9.97 Å². The second-order valence-electron chi connectivity index (χ2n) is 3.99. The minimum absolute atomic E-state index is 0.124. The number of carbonyl (C=O) groups is 1. The van der Waals surface area contributed by atoms with Crippen molar-refractivity contribution in [1.29, 1.82) is 0 Å². The highest BCUT2D eigenvalue weighted by Gasteiger charge is 2.02. The predicted octanol–water partition coefficient (Wildman–Crippen LogP) is 2.07. The first-order valence-corrected chi connectivity index (χ1v) is 7.05. The highest BCUT2D eigenvalue weighted by Crippen LogP contribution is 2.14.